The van der Waals surface area contributed by atoms with E-state index >= 15 is 0 Å². The van der Waals surface area contributed by atoms with Crippen LogP contribution >= 0.6 is 0 Å². The highest BCUT2D eigenvalue weighted by atomic mass is 15.3. The van der Waals surface area contributed by atoms with Crippen LogP contribution < -0.4 is 0 Å². The van der Waals surface area contributed by atoms with Crippen LogP contribution in [0, 0.1) is 0 Å². The van der Waals surface area contributed by atoms with Crippen molar-refractivity contribution in [3.63, 3.8) is 0 Å². The first-order valence-electron chi connectivity index (χ1n) is 12.1. The predicted octanol–water partition coefficient (Wildman–Crippen LogP) is 3.77. The van der Waals surface area contributed by atoms with Crippen LogP contribution in [0.2, 0.25) is 0 Å². The molecule has 0 radical (unpaired) electrons. The summed E-state index contributed by atoms with van der Waals surface area (Å²) >= 11 is 0. The molecule has 5 aromatic rings. The molecule has 4 aromatic heterocycles. The van der Waals surface area contributed by atoms with Gasteiger partial charge in [0.25, 0.3) is 0 Å². The molecule has 1 aliphatic rings. The number of benzene rings is 1. The van der Waals surface area contributed by atoms with Gasteiger partial charge in [-0.2, -0.15) is 15.3 Å². The lowest BCUT2D eigenvalue weighted by Crippen LogP contribution is -2.10. The minimum Gasteiger partial charge on any atom is -0.275 e. The minimum absolute atomic E-state index is 0.623. The number of fused-ring (bicyclic) bond motifs is 3. The molecule has 8 heteroatoms. The molecule has 0 bridgehead atoms. The lowest BCUT2D eigenvalue weighted by molar-refractivity contribution is 0.648. The molecule has 0 unspecified atom stereocenters. The van der Waals surface area contributed by atoms with Crippen LogP contribution in [0.3, 0.4) is 0 Å². The maximum Gasteiger partial charge on any atom is 0.134 e. The monoisotopic (exact) mass is 464 g/mol. The highest BCUT2D eigenvalue weighted by Gasteiger charge is 2.26. The van der Waals surface area contributed by atoms with Crippen molar-refractivity contribution in [1.29, 1.82) is 0 Å². The number of rotatable bonds is 6. The van der Waals surface area contributed by atoms with Gasteiger partial charge in [-0.15, -0.1) is 0 Å². The molecule has 35 heavy (non-hydrogen) atoms. The van der Waals surface area contributed by atoms with Gasteiger partial charge in [0.15, 0.2) is 0 Å². The van der Waals surface area contributed by atoms with Crippen LogP contribution in [0.25, 0.3) is 22.4 Å². The molecule has 0 atom stereocenters. The Labute approximate surface area is 204 Å². The van der Waals surface area contributed by atoms with Gasteiger partial charge < -0.3 is 0 Å². The molecular weight excluding hydrogens is 436 g/mol. The van der Waals surface area contributed by atoms with Crippen molar-refractivity contribution < 1.29 is 0 Å². The Morgan fingerprint density at radius 1 is 0.971 bits per heavy atom. The van der Waals surface area contributed by atoms with Crippen molar-refractivity contribution in [2.24, 2.45) is 14.1 Å². The molecule has 1 aromatic carbocycles. The van der Waals surface area contributed by atoms with E-state index in [-0.39, 0.29) is 0 Å². The van der Waals surface area contributed by atoms with Crippen LogP contribution in [-0.2, 0) is 46.3 Å². The fraction of sp³-hybridized carbons (Fsp3) is 0.296. The van der Waals surface area contributed by atoms with E-state index in [4.69, 9.17) is 10.1 Å². The number of aryl methyl sites for hydroxylation is 5. The summed E-state index contributed by atoms with van der Waals surface area (Å²) in [4.78, 5) is 9.71. The first-order valence-corrected chi connectivity index (χ1v) is 12.1. The number of nitrogens with zero attached hydrogens (tertiary/aromatic N) is 8. The maximum absolute atomic E-state index is 5.04. The van der Waals surface area contributed by atoms with Gasteiger partial charge in [0.1, 0.15) is 5.82 Å². The normalized spacial score (nSPS) is 12.5. The molecular formula is C27H28N8. The van der Waals surface area contributed by atoms with Crippen molar-refractivity contribution in [3.05, 3.63) is 89.2 Å². The smallest absolute Gasteiger partial charge is 0.134 e. The Morgan fingerprint density at radius 2 is 1.89 bits per heavy atom. The summed E-state index contributed by atoms with van der Waals surface area (Å²) in [6.07, 6.45) is 11.2. The molecule has 176 valence electrons. The van der Waals surface area contributed by atoms with Crippen molar-refractivity contribution in [1.82, 2.24) is 39.3 Å². The van der Waals surface area contributed by atoms with E-state index in [0.29, 0.717) is 6.42 Å². The van der Waals surface area contributed by atoms with Gasteiger partial charge in [-0.1, -0.05) is 24.3 Å². The first kappa shape index (κ1) is 21.5. The summed E-state index contributed by atoms with van der Waals surface area (Å²) < 4.78 is 5.80. The average Bonchev–Trinajstić information content (AvgIpc) is 3.58. The van der Waals surface area contributed by atoms with Gasteiger partial charge >= 0.3 is 0 Å². The third-order valence-corrected chi connectivity index (χ3v) is 6.72. The Hall–Kier alpha value is -4.07. The number of hydrogen-bond acceptors (Lipinski definition) is 5. The van der Waals surface area contributed by atoms with E-state index < -0.39 is 0 Å². The fourth-order valence-corrected chi connectivity index (χ4v) is 4.91. The van der Waals surface area contributed by atoms with Gasteiger partial charge in [-0.25, -0.2) is 9.97 Å². The summed E-state index contributed by atoms with van der Waals surface area (Å²) in [7, 11) is 3.98. The van der Waals surface area contributed by atoms with Gasteiger partial charge in [0.05, 0.1) is 35.4 Å². The zero-order chi connectivity index (χ0) is 23.9. The van der Waals surface area contributed by atoms with E-state index in [1.807, 2.05) is 59.0 Å². The predicted molar refractivity (Wildman–Crippen MR) is 134 cm³/mol. The van der Waals surface area contributed by atoms with Crippen LogP contribution in [0.5, 0.6) is 0 Å². The Kier molecular flexibility index (Phi) is 5.28. The van der Waals surface area contributed by atoms with E-state index in [1.54, 1.807) is 0 Å². The van der Waals surface area contributed by atoms with E-state index in [0.717, 1.165) is 54.3 Å². The molecule has 0 spiro atoms. The number of aromatic nitrogens is 8. The molecule has 1 aliphatic carbocycles. The van der Waals surface area contributed by atoms with Crippen LogP contribution in [0.1, 0.15) is 41.0 Å². The van der Waals surface area contributed by atoms with Crippen molar-refractivity contribution in [3.8, 4) is 22.4 Å². The summed E-state index contributed by atoms with van der Waals surface area (Å²) in [6.45, 7) is 2.94. The van der Waals surface area contributed by atoms with Crippen molar-refractivity contribution in [2.75, 3.05) is 0 Å². The molecule has 0 saturated heterocycles. The highest BCUT2D eigenvalue weighted by Crippen LogP contribution is 2.35. The SMILES string of the molecule is CCn1ccc(Cc2ncc3c(n2)-c2c(nn(C)c2Cc2cccc(-c4cnn(C)c4)c2)CC3)n1. The minimum atomic E-state index is 0.623. The Morgan fingerprint density at radius 3 is 2.69 bits per heavy atom. The molecule has 6 rings (SSSR count). The molecule has 0 amide bonds. The van der Waals surface area contributed by atoms with Crippen LogP contribution in [0.4, 0.5) is 0 Å². The third kappa shape index (κ3) is 4.05. The molecule has 8 nitrogen and oxygen atoms in total. The van der Waals surface area contributed by atoms with Gasteiger partial charge in [0, 0.05) is 56.8 Å². The van der Waals surface area contributed by atoms with Crippen LogP contribution in [0.15, 0.2) is 55.1 Å². The maximum atomic E-state index is 5.04. The Balaban J connectivity index is 1.35. The highest BCUT2D eigenvalue weighted by molar-refractivity contribution is 5.71. The third-order valence-electron chi connectivity index (χ3n) is 6.72. The van der Waals surface area contributed by atoms with Gasteiger partial charge in [-0.3, -0.25) is 14.0 Å². The second kappa shape index (κ2) is 8.61. The summed E-state index contributed by atoms with van der Waals surface area (Å²) in [5.74, 6) is 0.798. The molecule has 4 heterocycles. The van der Waals surface area contributed by atoms with Crippen molar-refractivity contribution in [2.45, 2.75) is 39.2 Å². The first-order chi connectivity index (χ1) is 17.1. The van der Waals surface area contributed by atoms with Gasteiger partial charge in [-0.05, 0) is 42.5 Å². The largest absolute Gasteiger partial charge is 0.275 e. The molecule has 0 saturated carbocycles. The zero-order valence-electron chi connectivity index (χ0n) is 20.3. The van der Waals surface area contributed by atoms with E-state index in [9.17, 15) is 0 Å². The van der Waals surface area contributed by atoms with E-state index in [1.165, 1.54) is 27.9 Å². The molecule has 0 aliphatic heterocycles. The second-order valence-electron chi connectivity index (χ2n) is 9.17. The summed E-state index contributed by atoms with van der Waals surface area (Å²) in [5.41, 5.74) is 10.2. The quantitative estimate of drug-likeness (QED) is 0.382. The topological polar surface area (TPSA) is 79.2 Å². The van der Waals surface area contributed by atoms with Crippen LogP contribution in [-0.4, -0.2) is 39.3 Å². The Bertz CT molecular complexity index is 1520. The van der Waals surface area contributed by atoms with Gasteiger partial charge in [0.2, 0.25) is 0 Å². The zero-order valence-corrected chi connectivity index (χ0v) is 20.3. The molecule has 0 fully saturated rings. The summed E-state index contributed by atoms with van der Waals surface area (Å²) in [5, 5.41) is 13.8. The fourth-order valence-electron chi connectivity index (χ4n) is 4.91. The van der Waals surface area contributed by atoms with Crippen molar-refractivity contribution >= 4 is 0 Å². The standard InChI is InChI=1S/C27H28N8/c1-4-35-11-10-22(31-35)14-25-28-15-20-8-9-23-26(27(20)30-25)24(34(3)32-23)13-18-6-5-7-19(12-18)21-16-29-33(2)17-21/h5-7,10-12,15-17H,4,8-9,13-14H2,1-3H3. The summed E-state index contributed by atoms with van der Waals surface area (Å²) in [6, 6.07) is 10.7. The second-order valence-corrected chi connectivity index (χ2v) is 9.17. The lowest BCUT2D eigenvalue weighted by Gasteiger charge is -2.16. The average molecular weight is 465 g/mol. The van der Waals surface area contributed by atoms with E-state index in [2.05, 4.69) is 46.4 Å². The lowest BCUT2D eigenvalue weighted by atomic mass is 9.91. The number of hydrogen-bond donors (Lipinski definition) is 0. The molecule has 0 N–H and O–H groups in total.